The molecule has 4 aromatic carbocycles. The van der Waals surface area contributed by atoms with Crippen molar-refractivity contribution in [2.75, 3.05) is 19.8 Å². The van der Waals surface area contributed by atoms with Gasteiger partial charge >= 0.3 is 0 Å². The lowest BCUT2D eigenvalue weighted by Gasteiger charge is -2.31. The van der Waals surface area contributed by atoms with Crippen molar-refractivity contribution in [3.8, 4) is 5.75 Å². The molecule has 0 unspecified atom stereocenters. The summed E-state index contributed by atoms with van der Waals surface area (Å²) in [6.07, 6.45) is 0.872. The normalized spacial score (nSPS) is 17.5. The Hall–Kier alpha value is -3.50. The monoisotopic (exact) mass is 719 g/mol. The van der Waals surface area contributed by atoms with E-state index in [-0.39, 0.29) is 18.9 Å². The molecule has 0 saturated carbocycles. The average Bonchev–Trinajstić information content (AvgIpc) is 3.42. The Balaban J connectivity index is 1.48. The Morgan fingerprint density at radius 1 is 0.955 bits per heavy atom. The highest BCUT2D eigenvalue weighted by molar-refractivity contribution is 9.10. The second-order valence-electron chi connectivity index (χ2n) is 10.7. The maximum absolute atomic E-state index is 14.4. The van der Waals surface area contributed by atoms with Gasteiger partial charge < -0.3 is 14.6 Å². The lowest BCUT2D eigenvalue weighted by Crippen LogP contribution is -2.54. The summed E-state index contributed by atoms with van der Waals surface area (Å²) in [5.41, 5.74) is 9.64. The standard InChI is InChI=1S/C35H35Br2N3O4/c1-24-11-13-25(14-12-24)19-20-38-40-34(42)35(23-27-7-2-4-9-30(27)36)32(29-8-3-5-10-31(29)37)44-33(39-35)26-15-17-28(18-16-26)43-22-6-21-41/h2-5,7-18,32,38,41H,6,19-23H2,1H3,(H,40,42)/t32-,35-/m0/s1. The van der Waals surface area contributed by atoms with E-state index in [4.69, 9.17) is 19.6 Å². The van der Waals surface area contributed by atoms with Crippen molar-refractivity contribution >= 4 is 43.7 Å². The van der Waals surface area contributed by atoms with Crippen LogP contribution in [0.25, 0.3) is 0 Å². The minimum absolute atomic E-state index is 0.0711. The second-order valence-corrected chi connectivity index (χ2v) is 12.4. The number of aliphatic hydroxyl groups excluding tert-OH is 1. The van der Waals surface area contributed by atoms with Gasteiger partial charge in [-0.25, -0.2) is 10.4 Å². The first-order valence-corrected chi connectivity index (χ1v) is 16.2. The molecular formula is C35H35Br2N3O4. The van der Waals surface area contributed by atoms with Crippen LogP contribution in [-0.2, 0) is 22.4 Å². The molecule has 44 heavy (non-hydrogen) atoms. The molecule has 1 aliphatic heterocycles. The molecule has 0 spiro atoms. The van der Waals surface area contributed by atoms with Gasteiger partial charge in [-0.15, -0.1) is 0 Å². The molecule has 0 fully saturated rings. The van der Waals surface area contributed by atoms with Gasteiger partial charge in [0.15, 0.2) is 11.6 Å². The lowest BCUT2D eigenvalue weighted by molar-refractivity contribution is -0.130. The van der Waals surface area contributed by atoms with E-state index in [1.807, 2.05) is 72.8 Å². The first-order valence-electron chi connectivity index (χ1n) is 14.6. The number of carbonyl (C=O) groups is 1. The second kappa shape index (κ2) is 15.0. The molecule has 0 radical (unpaired) electrons. The number of aliphatic hydroxyl groups is 1. The van der Waals surface area contributed by atoms with E-state index in [0.29, 0.717) is 31.2 Å². The van der Waals surface area contributed by atoms with E-state index < -0.39 is 11.6 Å². The number of amides is 1. The number of aryl methyl sites for hydroxylation is 1. The van der Waals surface area contributed by atoms with Gasteiger partial charge in [0, 0.05) is 46.1 Å². The van der Waals surface area contributed by atoms with E-state index >= 15 is 0 Å². The van der Waals surface area contributed by atoms with Crippen molar-refractivity contribution < 1.29 is 19.4 Å². The highest BCUT2D eigenvalue weighted by Gasteiger charge is 2.54. The molecule has 1 amide bonds. The van der Waals surface area contributed by atoms with Crippen molar-refractivity contribution in [2.45, 2.75) is 37.8 Å². The summed E-state index contributed by atoms with van der Waals surface area (Å²) in [6, 6.07) is 31.4. The molecule has 228 valence electrons. The zero-order valence-electron chi connectivity index (χ0n) is 24.4. The number of nitrogens with zero attached hydrogens (tertiary/aromatic N) is 1. The van der Waals surface area contributed by atoms with Crippen LogP contribution in [0.2, 0.25) is 0 Å². The number of hydrogen-bond acceptors (Lipinski definition) is 6. The fourth-order valence-corrected chi connectivity index (χ4v) is 6.01. The Morgan fingerprint density at radius 2 is 1.66 bits per heavy atom. The van der Waals surface area contributed by atoms with Gasteiger partial charge in [0.1, 0.15) is 5.75 Å². The van der Waals surface area contributed by atoms with Crippen LogP contribution >= 0.6 is 31.9 Å². The Bertz CT molecular complexity index is 1590. The number of hydrogen-bond donors (Lipinski definition) is 3. The van der Waals surface area contributed by atoms with Crippen molar-refractivity contribution in [3.63, 3.8) is 0 Å². The number of ether oxygens (including phenoxy) is 2. The van der Waals surface area contributed by atoms with E-state index in [2.05, 4.69) is 73.9 Å². The fraction of sp³-hybridized carbons (Fsp3) is 0.257. The molecule has 5 rings (SSSR count). The van der Waals surface area contributed by atoms with Crippen molar-refractivity contribution in [3.05, 3.63) is 134 Å². The molecule has 0 bridgehead atoms. The fourth-order valence-electron chi connectivity index (χ4n) is 5.09. The number of aliphatic imine (C=N–C) groups is 1. The van der Waals surface area contributed by atoms with Crippen LogP contribution in [0.5, 0.6) is 5.75 Å². The number of benzene rings is 4. The van der Waals surface area contributed by atoms with E-state index in [0.717, 1.165) is 32.1 Å². The third-order valence-corrected chi connectivity index (χ3v) is 8.99. The van der Waals surface area contributed by atoms with E-state index in [1.54, 1.807) is 0 Å². The highest BCUT2D eigenvalue weighted by Crippen LogP contribution is 2.45. The molecule has 1 aliphatic rings. The van der Waals surface area contributed by atoms with Crippen LogP contribution in [0, 0.1) is 6.92 Å². The van der Waals surface area contributed by atoms with Crippen LogP contribution in [0.1, 0.15) is 40.3 Å². The van der Waals surface area contributed by atoms with Crippen LogP contribution < -0.4 is 15.6 Å². The molecule has 7 nitrogen and oxygen atoms in total. The van der Waals surface area contributed by atoms with Gasteiger partial charge in [-0.3, -0.25) is 10.2 Å². The molecule has 2 atom stereocenters. The average molecular weight is 721 g/mol. The summed E-state index contributed by atoms with van der Waals surface area (Å²) in [4.78, 5) is 19.5. The summed E-state index contributed by atoms with van der Waals surface area (Å²) in [5.74, 6) is 0.754. The van der Waals surface area contributed by atoms with Gasteiger partial charge in [-0.05, 0) is 60.9 Å². The predicted molar refractivity (Wildman–Crippen MR) is 180 cm³/mol. The summed E-state index contributed by atoms with van der Waals surface area (Å²) in [6.45, 7) is 3.11. The summed E-state index contributed by atoms with van der Waals surface area (Å²) < 4.78 is 14.1. The van der Waals surface area contributed by atoms with Crippen molar-refractivity contribution in [1.29, 1.82) is 0 Å². The van der Waals surface area contributed by atoms with Crippen LogP contribution in [-0.4, -0.2) is 42.2 Å². The number of halogens is 2. The van der Waals surface area contributed by atoms with Gasteiger partial charge in [-0.1, -0.05) is 98.1 Å². The van der Waals surface area contributed by atoms with Gasteiger partial charge in [0.25, 0.3) is 5.91 Å². The molecule has 0 saturated heterocycles. The number of carbonyl (C=O) groups excluding carboxylic acids is 1. The Morgan fingerprint density at radius 3 is 2.36 bits per heavy atom. The first kappa shape index (κ1) is 31.9. The molecule has 0 aromatic heterocycles. The summed E-state index contributed by atoms with van der Waals surface area (Å²) >= 11 is 7.38. The highest BCUT2D eigenvalue weighted by atomic mass is 79.9. The number of rotatable bonds is 13. The van der Waals surface area contributed by atoms with Crippen LogP contribution in [0.4, 0.5) is 0 Å². The third kappa shape index (κ3) is 7.58. The van der Waals surface area contributed by atoms with E-state index in [1.165, 1.54) is 11.1 Å². The quantitative estimate of drug-likeness (QED) is 0.106. The molecule has 4 aromatic rings. The van der Waals surface area contributed by atoms with Crippen molar-refractivity contribution in [2.24, 2.45) is 4.99 Å². The van der Waals surface area contributed by atoms with Crippen molar-refractivity contribution in [1.82, 2.24) is 10.9 Å². The SMILES string of the molecule is Cc1ccc(CCNNC(=O)[C@@]2(Cc3ccccc3Br)N=C(c3ccc(OCCCO)cc3)O[C@H]2c2ccccc2Br)cc1. The van der Waals surface area contributed by atoms with Crippen LogP contribution in [0.15, 0.2) is 111 Å². The maximum atomic E-state index is 14.4. The van der Waals surface area contributed by atoms with Gasteiger partial charge in [0.2, 0.25) is 5.90 Å². The molecule has 3 N–H and O–H groups in total. The molecular weight excluding hydrogens is 686 g/mol. The first-order chi connectivity index (χ1) is 21.4. The maximum Gasteiger partial charge on any atom is 0.266 e. The van der Waals surface area contributed by atoms with E-state index in [9.17, 15) is 4.79 Å². The summed E-state index contributed by atoms with van der Waals surface area (Å²) in [5, 5.41) is 9.06. The summed E-state index contributed by atoms with van der Waals surface area (Å²) in [7, 11) is 0. The Kier molecular flexibility index (Phi) is 10.9. The van der Waals surface area contributed by atoms with Crippen LogP contribution in [0.3, 0.4) is 0 Å². The topological polar surface area (TPSA) is 92.2 Å². The predicted octanol–water partition coefficient (Wildman–Crippen LogP) is 6.64. The largest absolute Gasteiger partial charge is 0.494 e. The minimum Gasteiger partial charge on any atom is -0.494 e. The lowest BCUT2D eigenvalue weighted by atomic mass is 9.82. The zero-order valence-corrected chi connectivity index (χ0v) is 27.6. The number of nitrogens with one attached hydrogen (secondary N) is 2. The molecule has 9 heteroatoms. The zero-order chi connectivity index (χ0) is 30.9. The number of hydrazine groups is 1. The van der Waals surface area contributed by atoms with Gasteiger partial charge in [0.05, 0.1) is 6.61 Å². The Labute approximate surface area is 274 Å². The molecule has 1 heterocycles. The van der Waals surface area contributed by atoms with Gasteiger partial charge in [-0.2, -0.15) is 0 Å². The smallest absolute Gasteiger partial charge is 0.266 e. The minimum atomic E-state index is -1.34. The third-order valence-electron chi connectivity index (χ3n) is 7.50. The molecule has 0 aliphatic carbocycles.